The van der Waals surface area contributed by atoms with Gasteiger partial charge in [0.15, 0.2) is 5.17 Å². The minimum Gasteiger partial charge on any atom is -0.368 e. The van der Waals surface area contributed by atoms with Crippen LogP contribution >= 0.6 is 11.8 Å². The number of nitrogens with zero attached hydrogens (tertiary/aromatic N) is 4. The molecule has 1 aromatic heterocycles. The van der Waals surface area contributed by atoms with Gasteiger partial charge in [-0.25, -0.2) is 0 Å². The molecule has 6 nitrogen and oxygen atoms in total. The van der Waals surface area contributed by atoms with Crippen molar-refractivity contribution in [3.63, 3.8) is 0 Å². The van der Waals surface area contributed by atoms with E-state index in [0.29, 0.717) is 4.91 Å². The lowest BCUT2D eigenvalue weighted by Gasteiger charge is -2.36. The lowest BCUT2D eigenvalue weighted by Crippen LogP contribution is -2.47. The van der Waals surface area contributed by atoms with Gasteiger partial charge in [-0.05, 0) is 42.5 Å². The summed E-state index contributed by atoms with van der Waals surface area (Å²) in [5.74, 6) is -0.179. The van der Waals surface area contributed by atoms with Crippen molar-refractivity contribution < 1.29 is 4.79 Å². The van der Waals surface area contributed by atoms with Crippen molar-refractivity contribution in [2.24, 2.45) is 4.99 Å². The summed E-state index contributed by atoms with van der Waals surface area (Å²) in [6.45, 7) is 5.64. The monoisotopic (exact) mass is 429 g/mol. The molecule has 0 bridgehead atoms. The zero-order valence-corrected chi connectivity index (χ0v) is 18.1. The number of hydrogen-bond donors (Lipinski definition) is 1. The van der Waals surface area contributed by atoms with E-state index in [0.717, 1.165) is 48.2 Å². The highest BCUT2D eigenvalue weighted by Gasteiger charge is 2.29. The van der Waals surface area contributed by atoms with Crippen LogP contribution in [0.2, 0.25) is 0 Å². The summed E-state index contributed by atoms with van der Waals surface area (Å²) >= 11 is 1.45. The number of thioether (sulfide) groups is 1. The number of hydrogen-bond acceptors (Lipinski definition) is 5. The Hall–Kier alpha value is -3.32. The second-order valence-electron chi connectivity index (χ2n) is 7.69. The van der Waals surface area contributed by atoms with E-state index in [1.807, 2.05) is 36.4 Å². The topological polar surface area (TPSA) is 64.6 Å². The highest BCUT2D eigenvalue weighted by Crippen LogP contribution is 2.33. The van der Waals surface area contributed by atoms with Crippen molar-refractivity contribution in [1.82, 2.24) is 15.1 Å². The van der Waals surface area contributed by atoms with Crippen LogP contribution in [-0.4, -0.2) is 52.4 Å². The quantitative estimate of drug-likeness (QED) is 0.633. The summed E-state index contributed by atoms with van der Waals surface area (Å²) in [5, 5.41) is 8.01. The number of benzene rings is 2. The number of aromatic nitrogens is 2. The third kappa shape index (κ3) is 4.14. The maximum absolute atomic E-state index is 12.6. The van der Waals surface area contributed by atoms with Gasteiger partial charge in [0, 0.05) is 43.0 Å². The lowest BCUT2D eigenvalue weighted by molar-refractivity contribution is -0.113. The van der Waals surface area contributed by atoms with Crippen LogP contribution in [0.5, 0.6) is 0 Å². The van der Waals surface area contributed by atoms with Gasteiger partial charge in [-0.2, -0.15) is 10.1 Å². The van der Waals surface area contributed by atoms with Gasteiger partial charge in [0.2, 0.25) is 0 Å². The largest absolute Gasteiger partial charge is 0.368 e. The highest BCUT2D eigenvalue weighted by molar-refractivity contribution is 8.18. The summed E-state index contributed by atoms with van der Waals surface area (Å²) in [5.41, 5.74) is 5.36. The van der Waals surface area contributed by atoms with Gasteiger partial charge in [-0.1, -0.05) is 42.5 Å². The fourth-order valence-corrected chi connectivity index (χ4v) is 4.85. The number of anilines is 1. The number of aliphatic imine (C=N–C) groups is 1. The molecule has 3 aromatic rings. The van der Waals surface area contributed by atoms with Crippen molar-refractivity contribution in [1.29, 1.82) is 0 Å². The molecule has 0 aliphatic carbocycles. The first kappa shape index (κ1) is 19.6. The number of carbonyl (C=O) groups is 1. The van der Waals surface area contributed by atoms with Crippen molar-refractivity contribution >= 4 is 34.6 Å². The van der Waals surface area contributed by atoms with E-state index in [-0.39, 0.29) is 5.91 Å². The molecule has 7 heteroatoms. The van der Waals surface area contributed by atoms with Gasteiger partial charge in [-0.3, -0.25) is 9.89 Å². The number of piperazine rings is 1. The first-order chi connectivity index (χ1) is 15.2. The molecule has 0 atom stereocenters. The predicted molar refractivity (Wildman–Crippen MR) is 127 cm³/mol. The molecule has 3 heterocycles. The van der Waals surface area contributed by atoms with Crippen molar-refractivity contribution in [2.75, 3.05) is 31.1 Å². The summed E-state index contributed by atoms with van der Waals surface area (Å²) in [6, 6.07) is 18.6. The van der Waals surface area contributed by atoms with Gasteiger partial charge in [0.25, 0.3) is 5.91 Å². The van der Waals surface area contributed by atoms with E-state index in [9.17, 15) is 4.79 Å². The Morgan fingerprint density at radius 3 is 2.55 bits per heavy atom. The number of amidine groups is 1. The molecule has 1 amide bonds. The minimum absolute atomic E-state index is 0.179. The zero-order valence-electron chi connectivity index (χ0n) is 17.3. The summed E-state index contributed by atoms with van der Waals surface area (Å²) in [4.78, 5) is 22.2. The van der Waals surface area contributed by atoms with Crippen LogP contribution in [-0.2, 0) is 4.79 Å². The fraction of sp³-hybridized carbons (Fsp3) is 0.208. The second-order valence-corrected chi connectivity index (χ2v) is 8.70. The molecule has 0 saturated carbocycles. The second kappa shape index (κ2) is 8.43. The first-order valence-corrected chi connectivity index (χ1v) is 11.2. The Bertz CT molecular complexity index is 1160. The smallest absolute Gasteiger partial charge is 0.286 e. The van der Waals surface area contributed by atoms with Crippen LogP contribution in [0.25, 0.3) is 17.3 Å². The van der Waals surface area contributed by atoms with E-state index < -0.39 is 0 Å². The van der Waals surface area contributed by atoms with Crippen molar-refractivity contribution in [3.8, 4) is 11.3 Å². The highest BCUT2D eigenvalue weighted by atomic mass is 32.2. The molecule has 1 N–H and O–H groups in total. The molecule has 1 saturated heterocycles. The van der Waals surface area contributed by atoms with Crippen LogP contribution < -0.4 is 4.90 Å². The Labute approximate surface area is 185 Å². The third-order valence-corrected chi connectivity index (χ3v) is 6.59. The van der Waals surface area contributed by atoms with Crippen LogP contribution in [0.3, 0.4) is 0 Å². The van der Waals surface area contributed by atoms with E-state index in [1.54, 1.807) is 6.20 Å². The molecule has 2 aliphatic rings. The maximum atomic E-state index is 12.6. The van der Waals surface area contributed by atoms with Crippen LogP contribution in [0.1, 0.15) is 11.1 Å². The Balaban J connectivity index is 1.27. The number of carbonyl (C=O) groups excluding carboxylic acids is 1. The van der Waals surface area contributed by atoms with Gasteiger partial charge in [0.05, 0.1) is 16.8 Å². The fourth-order valence-electron chi connectivity index (χ4n) is 3.90. The Morgan fingerprint density at radius 2 is 1.77 bits per heavy atom. The molecular formula is C24H23N5OS. The molecule has 1 fully saturated rings. The van der Waals surface area contributed by atoms with Gasteiger partial charge in [0.1, 0.15) is 0 Å². The minimum atomic E-state index is -0.179. The molecule has 2 aliphatic heterocycles. The zero-order chi connectivity index (χ0) is 21.2. The number of aromatic amines is 1. The van der Waals surface area contributed by atoms with E-state index in [1.165, 1.54) is 23.0 Å². The normalized spacial score (nSPS) is 18.0. The number of amides is 1. The molecule has 31 heavy (non-hydrogen) atoms. The van der Waals surface area contributed by atoms with Crippen LogP contribution in [0.4, 0.5) is 5.69 Å². The average Bonchev–Trinajstić information content (AvgIpc) is 3.41. The maximum Gasteiger partial charge on any atom is 0.286 e. The van der Waals surface area contributed by atoms with Crippen molar-refractivity contribution in [2.45, 2.75) is 6.92 Å². The number of H-pyrrole nitrogens is 1. The molecule has 2 aromatic carbocycles. The van der Waals surface area contributed by atoms with Gasteiger partial charge >= 0.3 is 0 Å². The van der Waals surface area contributed by atoms with E-state index in [4.69, 9.17) is 0 Å². The summed E-state index contributed by atoms with van der Waals surface area (Å²) in [7, 11) is 0. The molecule has 156 valence electrons. The molecule has 0 radical (unpaired) electrons. The Morgan fingerprint density at radius 1 is 1.00 bits per heavy atom. The third-order valence-electron chi connectivity index (χ3n) is 5.54. The first-order valence-electron chi connectivity index (χ1n) is 10.4. The van der Waals surface area contributed by atoms with Crippen molar-refractivity contribution in [3.05, 3.63) is 76.8 Å². The van der Waals surface area contributed by atoms with E-state index >= 15 is 0 Å². The molecule has 5 rings (SSSR count). The predicted octanol–water partition coefficient (Wildman–Crippen LogP) is 4.18. The summed E-state index contributed by atoms with van der Waals surface area (Å²) in [6.07, 6.45) is 3.64. The average molecular weight is 430 g/mol. The molecule has 0 unspecified atom stereocenters. The molecular weight excluding hydrogens is 406 g/mol. The number of rotatable bonds is 3. The number of aryl methyl sites for hydroxylation is 1. The van der Waals surface area contributed by atoms with Crippen LogP contribution in [0.15, 0.2) is 70.7 Å². The molecule has 0 spiro atoms. The van der Waals surface area contributed by atoms with Gasteiger partial charge in [-0.15, -0.1) is 0 Å². The Kier molecular flexibility index (Phi) is 5.34. The SMILES string of the molecule is Cc1cccc(N2CCN(C3=NC(=O)C(=Cc4cn[nH]c4-c4ccccc4)S3)CC2)c1. The van der Waals surface area contributed by atoms with E-state index in [2.05, 4.69) is 56.2 Å². The van der Waals surface area contributed by atoms with Crippen LogP contribution in [0, 0.1) is 6.92 Å². The number of nitrogens with one attached hydrogen (secondary N) is 1. The van der Waals surface area contributed by atoms with Gasteiger partial charge < -0.3 is 9.80 Å². The summed E-state index contributed by atoms with van der Waals surface area (Å²) < 4.78 is 0. The lowest BCUT2D eigenvalue weighted by atomic mass is 10.1. The standard InChI is InChI=1S/C24H23N5OS/c1-17-6-5-9-20(14-17)28-10-12-29(13-11-28)24-26-23(30)21(31-24)15-19-16-25-27-22(19)18-7-3-2-4-8-18/h2-9,14-16H,10-13H2,1H3,(H,25,27).